The first kappa shape index (κ1) is 11.5. The van der Waals surface area contributed by atoms with Gasteiger partial charge in [-0.3, -0.25) is 4.79 Å². The second-order valence-corrected chi connectivity index (χ2v) is 4.87. The number of aldehydes is 1. The summed E-state index contributed by atoms with van der Waals surface area (Å²) in [5, 5.41) is 0.680. The van der Waals surface area contributed by atoms with Crippen LogP contribution in [0.3, 0.4) is 0 Å². The summed E-state index contributed by atoms with van der Waals surface area (Å²) >= 11 is 6.18. The molecule has 0 N–H and O–H groups in total. The molecule has 2 rings (SSSR count). The normalized spacial score (nSPS) is 17.5. The maximum atomic E-state index is 11.0. The lowest BCUT2D eigenvalue weighted by atomic mass is 9.98. The Bertz CT molecular complexity index is 384. The zero-order valence-corrected chi connectivity index (χ0v) is 10.2. The highest BCUT2D eigenvalue weighted by Crippen LogP contribution is 2.32. The number of hydrogen-bond donors (Lipinski definition) is 0. The van der Waals surface area contributed by atoms with E-state index in [0.717, 1.165) is 31.0 Å². The van der Waals surface area contributed by atoms with Gasteiger partial charge in [-0.2, -0.15) is 0 Å². The van der Waals surface area contributed by atoms with E-state index in [1.165, 1.54) is 12.8 Å². The van der Waals surface area contributed by atoms with Gasteiger partial charge >= 0.3 is 0 Å². The number of nitrogens with zero attached hydrogens (tertiary/aromatic N) is 1. The monoisotopic (exact) mass is 237 g/mol. The second kappa shape index (κ2) is 4.88. The van der Waals surface area contributed by atoms with E-state index in [9.17, 15) is 4.79 Å². The minimum absolute atomic E-state index is 0.680. The molecule has 16 heavy (non-hydrogen) atoms. The summed E-state index contributed by atoms with van der Waals surface area (Å²) in [6, 6.07) is 5.50. The van der Waals surface area contributed by atoms with Crippen LogP contribution in [0.4, 0.5) is 5.69 Å². The highest BCUT2D eigenvalue weighted by molar-refractivity contribution is 6.33. The largest absolute Gasteiger partial charge is 0.370 e. The molecule has 0 spiro atoms. The molecule has 1 aliphatic rings. The van der Waals surface area contributed by atoms with E-state index in [4.69, 9.17) is 11.6 Å². The molecular weight excluding hydrogens is 222 g/mol. The summed E-state index contributed by atoms with van der Waals surface area (Å²) in [5.41, 5.74) is 1.60. The minimum Gasteiger partial charge on any atom is -0.370 e. The fourth-order valence-electron chi connectivity index (χ4n) is 2.19. The Morgan fingerprint density at radius 2 is 2.06 bits per heavy atom. The van der Waals surface area contributed by atoms with Gasteiger partial charge in [-0.15, -0.1) is 0 Å². The SMILES string of the molecule is CC1CCN(c2c(Cl)cccc2C=O)CC1. The molecule has 1 heterocycles. The lowest BCUT2D eigenvalue weighted by molar-refractivity contribution is 0.112. The number of hydrogen-bond acceptors (Lipinski definition) is 2. The summed E-state index contributed by atoms with van der Waals surface area (Å²) in [6.07, 6.45) is 3.23. The van der Waals surface area contributed by atoms with Crippen molar-refractivity contribution in [2.24, 2.45) is 5.92 Å². The fourth-order valence-corrected chi connectivity index (χ4v) is 2.49. The molecule has 0 saturated carbocycles. The molecule has 0 aliphatic carbocycles. The quantitative estimate of drug-likeness (QED) is 0.735. The van der Waals surface area contributed by atoms with Crippen molar-refractivity contribution in [3.63, 3.8) is 0 Å². The van der Waals surface area contributed by atoms with Crippen molar-refractivity contribution in [3.05, 3.63) is 28.8 Å². The van der Waals surface area contributed by atoms with Crippen molar-refractivity contribution in [3.8, 4) is 0 Å². The molecule has 3 heteroatoms. The molecule has 1 aliphatic heterocycles. The number of piperidine rings is 1. The molecular formula is C13H16ClNO. The van der Waals surface area contributed by atoms with Gasteiger partial charge in [0.1, 0.15) is 0 Å². The van der Waals surface area contributed by atoms with Crippen molar-refractivity contribution in [1.82, 2.24) is 0 Å². The van der Waals surface area contributed by atoms with Crippen LogP contribution in [-0.2, 0) is 0 Å². The standard InChI is InChI=1S/C13H16ClNO/c1-10-5-7-15(8-6-10)13-11(9-16)3-2-4-12(13)14/h2-4,9-10H,5-8H2,1H3. The van der Waals surface area contributed by atoms with Crippen molar-refractivity contribution in [1.29, 1.82) is 0 Å². The van der Waals surface area contributed by atoms with Gasteiger partial charge in [-0.05, 0) is 30.9 Å². The molecule has 1 fully saturated rings. The van der Waals surface area contributed by atoms with Crippen LogP contribution in [0, 0.1) is 5.92 Å². The molecule has 2 nitrogen and oxygen atoms in total. The molecule has 1 aromatic carbocycles. The number of anilines is 1. The predicted octanol–water partition coefficient (Wildman–Crippen LogP) is 3.39. The van der Waals surface area contributed by atoms with Crippen LogP contribution in [0.1, 0.15) is 30.1 Å². The van der Waals surface area contributed by atoms with Crippen molar-refractivity contribution >= 4 is 23.6 Å². The molecule has 0 bridgehead atoms. The average Bonchev–Trinajstić information content (AvgIpc) is 2.30. The van der Waals surface area contributed by atoms with Crippen LogP contribution in [0.15, 0.2) is 18.2 Å². The van der Waals surface area contributed by atoms with Gasteiger partial charge in [0.05, 0.1) is 10.7 Å². The summed E-state index contributed by atoms with van der Waals surface area (Å²) < 4.78 is 0. The molecule has 0 atom stereocenters. The summed E-state index contributed by atoms with van der Waals surface area (Å²) in [6.45, 7) is 4.25. The lowest BCUT2D eigenvalue weighted by Crippen LogP contribution is -2.33. The molecule has 1 saturated heterocycles. The van der Waals surface area contributed by atoms with E-state index in [1.54, 1.807) is 0 Å². The number of halogens is 1. The van der Waals surface area contributed by atoms with Gasteiger partial charge in [-0.1, -0.05) is 24.6 Å². The third-order valence-electron chi connectivity index (χ3n) is 3.24. The first-order valence-corrected chi connectivity index (χ1v) is 6.09. The van der Waals surface area contributed by atoms with E-state index < -0.39 is 0 Å². The Labute approximate surface area is 101 Å². The van der Waals surface area contributed by atoms with E-state index in [1.807, 2.05) is 18.2 Å². The summed E-state index contributed by atoms with van der Waals surface area (Å²) in [5.74, 6) is 0.776. The molecule has 0 amide bonds. The smallest absolute Gasteiger partial charge is 0.152 e. The number of benzene rings is 1. The van der Waals surface area contributed by atoms with Crippen LogP contribution in [-0.4, -0.2) is 19.4 Å². The Hall–Kier alpha value is -1.02. The van der Waals surface area contributed by atoms with Gasteiger partial charge in [0.2, 0.25) is 0 Å². The van der Waals surface area contributed by atoms with Gasteiger partial charge in [0.25, 0.3) is 0 Å². The van der Waals surface area contributed by atoms with Gasteiger partial charge in [-0.25, -0.2) is 0 Å². The van der Waals surface area contributed by atoms with Crippen LogP contribution in [0.25, 0.3) is 0 Å². The Balaban J connectivity index is 2.28. The number of rotatable bonds is 2. The van der Waals surface area contributed by atoms with Crippen molar-refractivity contribution < 1.29 is 4.79 Å². The van der Waals surface area contributed by atoms with Crippen LogP contribution in [0.2, 0.25) is 5.02 Å². The van der Waals surface area contributed by atoms with Gasteiger partial charge in [0, 0.05) is 18.7 Å². The minimum atomic E-state index is 0.680. The lowest BCUT2D eigenvalue weighted by Gasteiger charge is -2.33. The Morgan fingerprint density at radius 1 is 1.38 bits per heavy atom. The third-order valence-corrected chi connectivity index (χ3v) is 3.55. The average molecular weight is 238 g/mol. The zero-order valence-electron chi connectivity index (χ0n) is 9.45. The van der Waals surface area contributed by atoms with Crippen molar-refractivity contribution in [2.75, 3.05) is 18.0 Å². The zero-order chi connectivity index (χ0) is 11.5. The first-order valence-electron chi connectivity index (χ1n) is 5.71. The Morgan fingerprint density at radius 3 is 2.69 bits per heavy atom. The van der Waals surface area contributed by atoms with E-state index >= 15 is 0 Å². The molecule has 0 unspecified atom stereocenters. The maximum absolute atomic E-state index is 11.0. The molecule has 0 radical (unpaired) electrons. The fraction of sp³-hybridized carbons (Fsp3) is 0.462. The number of carbonyl (C=O) groups is 1. The van der Waals surface area contributed by atoms with Crippen molar-refractivity contribution in [2.45, 2.75) is 19.8 Å². The van der Waals surface area contributed by atoms with Crippen LogP contribution >= 0.6 is 11.6 Å². The highest BCUT2D eigenvalue weighted by atomic mass is 35.5. The first-order chi connectivity index (χ1) is 7.72. The number of para-hydroxylation sites is 1. The van der Waals surface area contributed by atoms with E-state index in [2.05, 4.69) is 11.8 Å². The van der Waals surface area contributed by atoms with E-state index in [-0.39, 0.29) is 0 Å². The summed E-state index contributed by atoms with van der Waals surface area (Å²) in [4.78, 5) is 13.2. The van der Waals surface area contributed by atoms with Crippen LogP contribution < -0.4 is 4.90 Å². The highest BCUT2D eigenvalue weighted by Gasteiger charge is 2.20. The van der Waals surface area contributed by atoms with Crippen LogP contribution in [0.5, 0.6) is 0 Å². The maximum Gasteiger partial charge on any atom is 0.152 e. The van der Waals surface area contributed by atoms with E-state index in [0.29, 0.717) is 10.6 Å². The third kappa shape index (κ3) is 2.22. The summed E-state index contributed by atoms with van der Waals surface area (Å²) in [7, 11) is 0. The Kier molecular flexibility index (Phi) is 3.49. The second-order valence-electron chi connectivity index (χ2n) is 4.47. The molecule has 0 aromatic heterocycles. The molecule has 86 valence electrons. The number of carbonyl (C=O) groups excluding carboxylic acids is 1. The van der Waals surface area contributed by atoms with Gasteiger partial charge in [0.15, 0.2) is 6.29 Å². The van der Waals surface area contributed by atoms with Gasteiger partial charge < -0.3 is 4.90 Å². The topological polar surface area (TPSA) is 20.3 Å². The predicted molar refractivity (Wildman–Crippen MR) is 67.5 cm³/mol. The molecule has 1 aromatic rings.